The van der Waals surface area contributed by atoms with Gasteiger partial charge in [-0.2, -0.15) is 0 Å². The fraction of sp³-hybridized carbons (Fsp3) is 0.556. The van der Waals surface area contributed by atoms with Crippen LogP contribution in [0.3, 0.4) is 0 Å². The summed E-state index contributed by atoms with van der Waals surface area (Å²) in [6.45, 7) is 8.38. The fourth-order valence-electron chi connectivity index (χ4n) is 3.03. The topological polar surface area (TPSA) is 66.8 Å². The van der Waals surface area contributed by atoms with Gasteiger partial charge in [0.2, 0.25) is 0 Å². The van der Waals surface area contributed by atoms with Crippen molar-refractivity contribution in [1.82, 2.24) is 4.90 Å². The van der Waals surface area contributed by atoms with Gasteiger partial charge in [0.15, 0.2) is 0 Å². The van der Waals surface area contributed by atoms with E-state index in [-0.39, 0.29) is 12.0 Å². The Morgan fingerprint density at radius 3 is 2.61 bits per heavy atom. The van der Waals surface area contributed by atoms with Gasteiger partial charge in [-0.25, -0.2) is 4.79 Å². The highest BCUT2D eigenvalue weighted by atomic mass is 16.6. The predicted octanol–water partition coefficient (Wildman–Crippen LogP) is 3.42. The first-order chi connectivity index (χ1) is 10.7. The number of carboxylic acids is 1. The second-order valence-corrected chi connectivity index (χ2v) is 7.21. The molecule has 0 aromatic heterocycles. The SMILES string of the molecule is Cc1cccc(C(C(=O)O)C2CCN(C(=O)OC(C)(C)C)C2)c1. The minimum absolute atomic E-state index is 0.0955. The maximum absolute atomic E-state index is 12.1. The van der Waals surface area contributed by atoms with Gasteiger partial charge < -0.3 is 14.7 Å². The highest BCUT2D eigenvalue weighted by Gasteiger charge is 2.37. The first-order valence-electron chi connectivity index (χ1n) is 7.94. The highest BCUT2D eigenvalue weighted by molar-refractivity contribution is 5.77. The van der Waals surface area contributed by atoms with Crippen LogP contribution < -0.4 is 0 Å². The zero-order chi connectivity index (χ0) is 17.2. The lowest BCUT2D eigenvalue weighted by Crippen LogP contribution is -2.36. The van der Waals surface area contributed by atoms with Crippen LogP contribution in [0.2, 0.25) is 0 Å². The molecule has 0 aliphatic carbocycles. The van der Waals surface area contributed by atoms with E-state index in [0.29, 0.717) is 19.5 Å². The van der Waals surface area contributed by atoms with Crippen molar-refractivity contribution in [3.8, 4) is 0 Å². The lowest BCUT2D eigenvalue weighted by atomic mass is 9.85. The van der Waals surface area contributed by atoms with Gasteiger partial charge >= 0.3 is 12.1 Å². The maximum atomic E-state index is 12.1. The molecular weight excluding hydrogens is 294 g/mol. The number of aryl methyl sites for hydroxylation is 1. The largest absolute Gasteiger partial charge is 0.481 e. The standard InChI is InChI=1S/C18H25NO4/c1-12-6-5-7-13(10-12)15(16(20)21)14-8-9-19(11-14)17(22)23-18(2,3)4/h5-7,10,14-15H,8-9,11H2,1-4H3,(H,20,21). The molecule has 2 atom stereocenters. The minimum Gasteiger partial charge on any atom is -0.481 e. The third kappa shape index (κ3) is 4.47. The first kappa shape index (κ1) is 17.3. The number of carbonyl (C=O) groups is 2. The number of aliphatic carboxylic acids is 1. The van der Waals surface area contributed by atoms with Crippen LogP contribution >= 0.6 is 0 Å². The predicted molar refractivity (Wildman–Crippen MR) is 87.5 cm³/mol. The average Bonchev–Trinajstić information content (AvgIpc) is 2.86. The Morgan fingerprint density at radius 2 is 2.04 bits per heavy atom. The summed E-state index contributed by atoms with van der Waals surface area (Å²) >= 11 is 0. The van der Waals surface area contributed by atoms with Crippen molar-refractivity contribution in [1.29, 1.82) is 0 Å². The molecule has 0 radical (unpaired) electrons. The molecule has 0 bridgehead atoms. The number of likely N-dealkylation sites (tertiary alicyclic amines) is 1. The second kappa shape index (κ2) is 6.60. The fourth-order valence-corrected chi connectivity index (χ4v) is 3.03. The van der Waals surface area contributed by atoms with Crippen LogP contribution in [-0.2, 0) is 9.53 Å². The molecule has 1 N–H and O–H groups in total. The van der Waals surface area contributed by atoms with E-state index >= 15 is 0 Å². The van der Waals surface area contributed by atoms with Gasteiger partial charge in [0.1, 0.15) is 5.60 Å². The third-order valence-electron chi connectivity index (χ3n) is 4.02. The molecule has 126 valence electrons. The molecule has 5 nitrogen and oxygen atoms in total. The van der Waals surface area contributed by atoms with Crippen LogP contribution in [0.25, 0.3) is 0 Å². The second-order valence-electron chi connectivity index (χ2n) is 7.21. The Labute approximate surface area is 137 Å². The molecule has 1 fully saturated rings. The lowest BCUT2D eigenvalue weighted by molar-refractivity contribution is -0.140. The molecule has 0 saturated carbocycles. The van der Waals surface area contributed by atoms with Crippen molar-refractivity contribution < 1.29 is 19.4 Å². The van der Waals surface area contributed by atoms with Gasteiger partial charge in [-0.05, 0) is 45.6 Å². The molecule has 2 unspecified atom stereocenters. The van der Waals surface area contributed by atoms with Crippen molar-refractivity contribution in [3.63, 3.8) is 0 Å². The van der Waals surface area contributed by atoms with Gasteiger partial charge in [0.05, 0.1) is 5.92 Å². The lowest BCUT2D eigenvalue weighted by Gasteiger charge is -2.25. The summed E-state index contributed by atoms with van der Waals surface area (Å²) in [7, 11) is 0. The van der Waals surface area contributed by atoms with Gasteiger partial charge in [-0.15, -0.1) is 0 Å². The molecule has 1 aromatic carbocycles. The molecule has 0 spiro atoms. The molecule has 1 heterocycles. The number of nitrogens with zero attached hydrogens (tertiary/aromatic N) is 1. The van der Waals surface area contributed by atoms with E-state index in [0.717, 1.165) is 11.1 Å². The van der Waals surface area contributed by atoms with Crippen LogP contribution in [0.4, 0.5) is 4.79 Å². The number of ether oxygens (including phenoxy) is 1. The molecule has 1 saturated heterocycles. The number of amides is 1. The molecule has 23 heavy (non-hydrogen) atoms. The normalized spacial score (nSPS) is 19.5. The van der Waals surface area contributed by atoms with Crippen LogP contribution in [0.5, 0.6) is 0 Å². The number of rotatable bonds is 3. The smallest absolute Gasteiger partial charge is 0.410 e. The summed E-state index contributed by atoms with van der Waals surface area (Å²) in [5.74, 6) is -1.53. The Kier molecular flexibility index (Phi) is 4.97. The monoisotopic (exact) mass is 319 g/mol. The van der Waals surface area contributed by atoms with Crippen molar-refractivity contribution in [2.24, 2.45) is 5.92 Å². The number of hydrogen-bond donors (Lipinski definition) is 1. The zero-order valence-electron chi connectivity index (χ0n) is 14.2. The van der Waals surface area contributed by atoms with E-state index in [1.807, 2.05) is 52.0 Å². The Balaban J connectivity index is 2.11. The summed E-state index contributed by atoms with van der Waals surface area (Å²) < 4.78 is 5.37. The van der Waals surface area contributed by atoms with Gasteiger partial charge in [0, 0.05) is 13.1 Å². The van der Waals surface area contributed by atoms with Crippen LogP contribution in [0, 0.1) is 12.8 Å². The number of carbonyl (C=O) groups excluding carboxylic acids is 1. The molecule has 1 aliphatic heterocycles. The number of carboxylic acid groups (broad SMARTS) is 1. The molecule has 1 aromatic rings. The molecule has 2 rings (SSSR count). The van der Waals surface area contributed by atoms with E-state index in [4.69, 9.17) is 4.74 Å². The van der Waals surface area contributed by atoms with Crippen molar-refractivity contribution in [2.75, 3.05) is 13.1 Å². The third-order valence-corrected chi connectivity index (χ3v) is 4.02. The maximum Gasteiger partial charge on any atom is 0.410 e. The summed E-state index contributed by atoms with van der Waals surface area (Å²) in [6, 6.07) is 7.59. The molecule has 5 heteroatoms. The molecule has 1 aliphatic rings. The van der Waals surface area contributed by atoms with Crippen molar-refractivity contribution in [3.05, 3.63) is 35.4 Å². The quantitative estimate of drug-likeness (QED) is 0.927. The van der Waals surface area contributed by atoms with Crippen molar-refractivity contribution in [2.45, 2.75) is 45.6 Å². The Morgan fingerprint density at radius 1 is 1.35 bits per heavy atom. The molecular formula is C18H25NO4. The van der Waals surface area contributed by atoms with Gasteiger partial charge in [0.25, 0.3) is 0 Å². The van der Waals surface area contributed by atoms with Crippen LogP contribution in [0.15, 0.2) is 24.3 Å². The van der Waals surface area contributed by atoms with E-state index in [9.17, 15) is 14.7 Å². The minimum atomic E-state index is -0.841. The van der Waals surface area contributed by atoms with Crippen molar-refractivity contribution >= 4 is 12.1 Å². The van der Waals surface area contributed by atoms with E-state index in [2.05, 4.69) is 0 Å². The van der Waals surface area contributed by atoms with E-state index in [1.165, 1.54) is 0 Å². The summed E-state index contributed by atoms with van der Waals surface area (Å²) in [6.07, 6.45) is 0.304. The highest BCUT2D eigenvalue weighted by Crippen LogP contribution is 2.33. The summed E-state index contributed by atoms with van der Waals surface area (Å²) in [4.78, 5) is 25.5. The van der Waals surface area contributed by atoms with E-state index in [1.54, 1.807) is 4.90 Å². The first-order valence-corrected chi connectivity index (χ1v) is 7.94. The van der Waals surface area contributed by atoms with Crippen LogP contribution in [0.1, 0.15) is 44.2 Å². The Hall–Kier alpha value is -2.04. The number of benzene rings is 1. The molecule has 1 amide bonds. The zero-order valence-corrected chi connectivity index (χ0v) is 14.2. The average molecular weight is 319 g/mol. The van der Waals surface area contributed by atoms with Gasteiger partial charge in [-0.1, -0.05) is 29.8 Å². The Bertz CT molecular complexity index is 591. The summed E-state index contributed by atoms with van der Waals surface area (Å²) in [5, 5.41) is 9.65. The van der Waals surface area contributed by atoms with E-state index < -0.39 is 17.5 Å². The summed E-state index contributed by atoms with van der Waals surface area (Å²) in [5.41, 5.74) is 1.29. The van der Waals surface area contributed by atoms with Crippen LogP contribution in [-0.4, -0.2) is 40.8 Å². The number of hydrogen-bond acceptors (Lipinski definition) is 3. The van der Waals surface area contributed by atoms with Gasteiger partial charge in [-0.3, -0.25) is 4.79 Å².